The van der Waals surface area contributed by atoms with Crippen LogP contribution < -0.4 is 9.47 Å². The van der Waals surface area contributed by atoms with Gasteiger partial charge in [-0.3, -0.25) is 9.97 Å². The van der Waals surface area contributed by atoms with Crippen LogP contribution in [0.1, 0.15) is 60.1 Å². The van der Waals surface area contributed by atoms with Crippen molar-refractivity contribution >= 4 is 21.8 Å². The summed E-state index contributed by atoms with van der Waals surface area (Å²) in [7, 11) is 3.36. The Bertz CT molecular complexity index is 2100. The topological polar surface area (TPSA) is 84.7 Å². The fourth-order valence-corrected chi connectivity index (χ4v) is 11.7. The van der Waals surface area contributed by atoms with Crippen molar-refractivity contribution in [2.75, 3.05) is 40.4 Å². The molecule has 3 aromatic carbocycles. The molecule has 0 unspecified atom stereocenters. The molecule has 0 aliphatic carbocycles. The quantitative estimate of drug-likeness (QED) is 0.0991. The van der Waals surface area contributed by atoms with E-state index in [1.54, 1.807) is 14.2 Å². The number of quaternary nitrogens is 2. The van der Waals surface area contributed by atoms with Crippen LogP contribution in [0.25, 0.3) is 21.8 Å². The number of aliphatic hydroxyl groups excluding tert-OH is 2. The molecule has 0 saturated carbocycles. The highest BCUT2D eigenvalue weighted by Crippen LogP contribution is 2.50. The van der Waals surface area contributed by atoms with Gasteiger partial charge in [0.05, 0.1) is 51.4 Å². The highest BCUT2D eigenvalue weighted by molar-refractivity contribution is 5.84. The minimum atomic E-state index is -0.627. The van der Waals surface area contributed by atoms with Gasteiger partial charge in [-0.1, -0.05) is 36.4 Å². The van der Waals surface area contributed by atoms with Gasteiger partial charge in [-0.15, -0.1) is 13.2 Å². The van der Waals surface area contributed by atoms with Gasteiger partial charge < -0.3 is 28.7 Å². The van der Waals surface area contributed by atoms with Crippen molar-refractivity contribution in [2.45, 2.75) is 63.1 Å². The van der Waals surface area contributed by atoms with Crippen LogP contribution in [0.3, 0.4) is 0 Å². The lowest BCUT2D eigenvalue weighted by Gasteiger charge is -2.58. The zero-order chi connectivity index (χ0) is 38.6. The summed E-state index contributed by atoms with van der Waals surface area (Å²) in [5, 5.41) is 26.6. The van der Waals surface area contributed by atoms with Crippen LogP contribution in [0, 0.1) is 23.7 Å². The van der Waals surface area contributed by atoms with Gasteiger partial charge in [-0.05, 0) is 71.5 Å². The molecular formula is C48H56N4O4+2. The van der Waals surface area contributed by atoms with E-state index in [0.29, 0.717) is 23.7 Å². The number of methoxy groups -OCH3 is 2. The summed E-state index contributed by atoms with van der Waals surface area (Å²) in [6.45, 7) is 14.3. The molecule has 4 bridgehead atoms. The maximum absolute atomic E-state index is 12.3. The number of rotatable bonds is 12. The Hall–Kier alpha value is -4.60. The van der Waals surface area contributed by atoms with E-state index in [1.807, 2.05) is 60.9 Å². The molecule has 8 heterocycles. The third-order valence-corrected chi connectivity index (χ3v) is 14.7. The summed E-state index contributed by atoms with van der Waals surface area (Å²) >= 11 is 0. The smallest absolute Gasteiger partial charge is 0.131 e. The van der Waals surface area contributed by atoms with Crippen molar-refractivity contribution in [1.29, 1.82) is 0 Å². The normalized spacial score (nSPS) is 30.6. The Balaban J connectivity index is 1.00. The number of ether oxygens (including phenoxy) is 2. The number of benzene rings is 3. The monoisotopic (exact) mass is 752 g/mol. The van der Waals surface area contributed by atoms with Crippen LogP contribution >= 0.6 is 0 Å². The Kier molecular flexibility index (Phi) is 9.73. The molecule has 10 atom stereocenters. The molecule has 56 heavy (non-hydrogen) atoms. The van der Waals surface area contributed by atoms with E-state index < -0.39 is 12.2 Å². The predicted molar refractivity (Wildman–Crippen MR) is 221 cm³/mol. The zero-order valence-electron chi connectivity index (χ0n) is 32.8. The lowest BCUT2D eigenvalue weighted by atomic mass is 9.71. The van der Waals surface area contributed by atoms with Gasteiger partial charge >= 0.3 is 0 Å². The van der Waals surface area contributed by atoms with Gasteiger partial charge in [-0.25, -0.2) is 0 Å². The molecule has 8 heteroatoms. The average molecular weight is 753 g/mol. The van der Waals surface area contributed by atoms with Gasteiger partial charge in [-0.2, -0.15) is 0 Å². The van der Waals surface area contributed by atoms with Crippen molar-refractivity contribution in [2.24, 2.45) is 23.7 Å². The van der Waals surface area contributed by atoms with Gasteiger partial charge in [0.1, 0.15) is 48.9 Å². The third-order valence-electron chi connectivity index (χ3n) is 14.7. The summed E-state index contributed by atoms with van der Waals surface area (Å²) in [5.41, 5.74) is 6.20. The standard InChI is InChI=1S/C48H56N4O4/c1-5-33-29-51(21-17-35(33)23-45(51)47(53)39-15-19-49-43-13-11-37(55-3)25-41(39)43)27-31-7-9-32(10-8-31)28-52-22-18-36(34(6-2)30-52)24-46(52)48(54)40-16-20-50-44-14-12-38(56-4)26-42(40)44/h5-16,19-20,25-26,33-36,45-48,53-54H,1-2,17-18,21-24,27-30H2,3-4H3/q+2/t33-,34-,35-,36-,45-,46-,47+,48+,51+,52+/m0/s1. The summed E-state index contributed by atoms with van der Waals surface area (Å²) < 4.78 is 12.9. The first-order valence-electron chi connectivity index (χ1n) is 20.5. The van der Waals surface area contributed by atoms with Crippen LogP contribution in [0.15, 0.2) is 111 Å². The van der Waals surface area contributed by atoms with Gasteiger partial charge in [0.25, 0.3) is 0 Å². The number of piperidine rings is 6. The summed E-state index contributed by atoms with van der Waals surface area (Å²) in [6.07, 6.45) is 11.0. The SMILES string of the molecule is C=C[C@H]1C[N@+]2(Cc3ccc(C[N@@+]45CC[C@@H](C[C@H]4[C@H](O)c4ccnc6ccc(OC)cc46)[C@@H](C=C)C5)cc3)CC[C@H]1C[C@H]2[C@H](O)c1ccnc2ccc(OC)cc12. The molecule has 6 fully saturated rings. The second-order valence-electron chi connectivity index (χ2n) is 17.3. The molecule has 8 nitrogen and oxygen atoms in total. The predicted octanol–water partition coefficient (Wildman–Crippen LogP) is 8.09. The van der Waals surface area contributed by atoms with Crippen LogP contribution in [-0.4, -0.2) is 81.6 Å². The maximum atomic E-state index is 12.3. The Morgan fingerprint density at radius 2 is 1.09 bits per heavy atom. The van der Waals surface area contributed by atoms with Crippen LogP contribution in [0.2, 0.25) is 0 Å². The first-order valence-corrected chi connectivity index (χ1v) is 20.5. The van der Waals surface area contributed by atoms with E-state index in [1.165, 1.54) is 11.1 Å². The average Bonchev–Trinajstić information content (AvgIpc) is 3.25. The molecule has 2 aromatic heterocycles. The van der Waals surface area contributed by atoms with E-state index in [4.69, 9.17) is 9.47 Å². The number of aliphatic hydroxyl groups is 2. The molecule has 6 aliphatic heterocycles. The summed E-state index contributed by atoms with van der Waals surface area (Å²) in [6, 6.07) is 25.3. The molecule has 6 aliphatic rings. The third kappa shape index (κ3) is 6.31. The molecule has 5 aromatic rings. The Morgan fingerprint density at radius 1 is 0.661 bits per heavy atom. The number of hydrogen-bond acceptors (Lipinski definition) is 6. The van der Waals surface area contributed by atoms with Gasteiger partial charge in [0, 0.05) is 71.8 Å². The number of nitrogens with zero attached hydrogens (tertiary/aromatic N) is 4. The summed E-state index contributed by atoms with van der Waals surface area (Å²) in [5.74, 6) is 3.50. The van der Waals surface area contributed by atoms with Crippen LogP contribution in [0.5, 0.6) is 11.5 Å². The minimum absolute atomic E-state index is 0.0664. The van der Waals surface area contributed by atoms with Crippen molar-refractivity contribution < 1.29 is 28.7 Å². The number of aromatic nitrogens is 2. The lowest BCUT2D eigenvalue weighted by Crippen LogP contribution is -2.67. The molecule has 6 saturated heterocycles. The first kappa shape index (κ1) is 37.0. The fraction of sp³-hybridized carbons (Fsp3) is 0.417. The molecular weight excluding hydrogens is 697 g/mol. The van der Waals surface area contributed by atoms with Crippen molar-refractivity contribution in [3.05, 3.63) is 133 Å². The number of hydrogen-bond donors (Lipinski definition) is 2. The van der Waals surface area contributed by atoms with E-state index in [9.17, 15) is 10.2 Å². The molecule has 2 N–H and O–H groups in total. The second kappa shape index (κ2) is 14.7. The highest BCUT2D eigenvalue weighted by Gasteiger charge is 2.55. The van der Waals surface area contributed by atoms with Crippen LogP contribution in [0.4, 0.5) is 0 Å². The minimum Gasteiger partial charge on any atom is -0.497 e. The van der Waals surface area contributed by atoms with Gasteiger partial charge in [0.15, 0.2) is 0 Å². The Morgan fingerprint density at radius 3 is 1.48 bits per heavy atom. The molecule has 11 rings (SSSR count). The molecule has 0 amide bonds. The van der Waals surface area contributed by atoms with Crippen molar-refractivity contribution in [3.63, 3.8) is 0 Å². The van der Waals surface area contributed by atoms with E-state index in [0.717, 1.165) is 118 Å². The van der Waals surface area contributed by atoms with E-state index in [2.05, 4.69) is 59.5 Å². The molecule has 0 spiro atoms. The Labute approximate surface area is 330 Å². The molecule has 0 radical (unpaired) electrons. The van der Waals surface area contributed by atoms with E-state index >= 15 is 0 Å². The van der Waals surface area contributed by atoms with Crippen molar-refractivity contribution in [1.82, 2.24) is 9.97 Å². The van der Waals surface area contributed by atoms with Crippen LogP contribution in [-0.2, 0) is 13.1 Å². The number of fused-ring (bicyclic) bond motifs is 8. The summed E-state index contributed by atoms with van der Waals surface area (Å²) in [4.78, 5) is 9.22. The lowest BCUT2D eigenvalue weighted by molar-refractivity contribution is -0.985. The molecule has 290 valence electrons. The first-order chi connectivity index (χ1) is 27.3. The fourth-order valence-electron chi connectivity index (χ4n) is 11.7. The maximum Gasteiger partial charge on any atom is 0.131 e. The second-order valence-corrected chi connectivity index (χ2v) is 17.3. The zero-order valence-corrected chi connectivity index (χ0v) is 32.8. The largest absolute Gasteiger partial charge is 0.497 e. The van der Waals surface area contributed by atoms with Gasteiger partial charge in [0.2, 0.25) is 0 Å². The highest BCUT2D eigenvalue weighted by atomic mass is 16.5. The van der Waals surface area contributed by atoms with Crippen molar-refractivity contribution in [3.8, 4) is 11.5 Å². The van der Waals surface area contributed by atoms with E-state index in [-0.39, 0.29) is 12.1 Å². The number of pyridine rings is 2.